The minimum atomic E-state index is 0. The van der Waals surface area contributed by atoms with Crippen molar-refractivity contribution < 1.29 is 0 Å². The predicted octanol–water partition coefficient (Wildman–Crippen LogP) is 5.90. The van der Waals surface area contributed by atoms with Crippen LogP contribution in [0.15, 0.2) is 59.5 Å². The Morgan fingerprint density at radius 2 is 1.72 bits per heavy atom. The van der Waals surface area contributed by atoms with Crippen molar-refractivity contribution in [3.05, 3.63) is 76.3 Å². The molecule has 1 heterocycles. The van der Waals surface area contributed by atoms with E-state index in [4.69, 9.17) is 11.6 Å². The van der Waals surface area contributed by atoms with Gasteiger partial charge in [0.2, 0.25) is 0 Å². The van der Waals surface area contributed by atoms with Crippen LogP contribution in [-0.2, 0) is 18.6 Å². The van der Waals surface area contributed by atoms with E-state index >= 15 is 0 Å². The third-order valence-electron chi connectivity index (χ3n) is 4.72. The summed E-state index contributed by atoms with van der Waals surface area (Å²) in [5.41, 5.74) is 4.23. The Labute approximate surface area is 164 Å². The van der Waals surface area contributed by atoms with Crippen LogP contribution in [0, 0.1) is 0 Å². The summed E-state index contributed by atoms with van der Waals surface area (Å²) < 4.78 is 0. The first kappa shape index (κ1) is 18.6. The maximum absolute atomic E-state index is 6.57. The van der Waals surface area contributed by atoms with E-state index in [9.17, 15) is 0 Å². The van der Waals surface area contributed by atoms with Gasteiger partial charge in [0, 0.05) is 15.7 Å². The van der Waals surface area contributed by atoms with Crippen LogP contribution in [0.25, 0.3) is 10.8 Å². The van der Waals surface area contributed by atoms with Gasteiger partial charge in [-0.1, -0.05) is 54.1 Å². The van der Waals surface area contributed by atoms with Gasteiger partial charge in [0.05, 0.1) is 0 Å². The molecule has 4 rings (SSSR count). The normalized spacial score (nSPS) is 13.8. The van der Waals surface area contributed by atoms with Crippen molar-refractivity contribution in [2.75, 3.05) is 13.1 Å². The van der Waals surface area contributed by atoms with E-state index in [0.717, 1.165) is 36.7 Å². The summed E-state index contributed by atoms with van der Waals surface area (Å²) in [7, 11) is 0. The second kappa shape index (κ2) is 8.46. The van der Waals surface area contributed by atoms with Gasteiger partial charge in [-0.05, 0) is 65.5 Å². The molecule has 0 amide bonds. The number of halogens is 2. The van der Waals surface area contributed by atoms with Crippen molar-refractivity contribution in [1.29, 1.82) is 0 Å². The van der Waals surface area contributed by atoms with Crippen molar-refractivity contribution in [3.8, 4) is 0 Å². The smallest absolute Gasteiger partial charge is 0.0449 e. The lowest BCUT2D eigenvalue weighted by Gasteiger charge is -2.15. The van der Waals surface area contributed by atoms with Gasteiger partial charge < -0.3 is 5.32 Å². The summed E-state index contributed by atoms with van der Waals surface area (Å²) in [5.74, 6) is 0.927. The Bertz CT molecular complexity index is 874. The lowest BCUT2D eigenvalue weighted by atomic mass is 9.98. The molecule has 3 aromatic carbocycles. The molecule has 0 atom stereocenters. The van der Waals surface area contributed by atoms with Crippen LogP contribution in [0.3, 0.4) is 0 Å². The van der Waals surface area contributed by atoms with Gasteiger partial charge in [0.15, 0.2) is 0 Å². The van der Waals surface area contributed by atoms with E-state index in [-0.39, 0.29) is 12.4 Å². The lowest BCUT2D eigenvalue weighted by Crippen LogP contribution is -2.16. The highest BCUT2D eigenvalue weighted by molar-refractivity contribution is 7.98. The topological polar surface area (TPSA) is 12.0 Å². The molecule has 0 spiro atoms. The average Bonchev–Trinajstić information content (AvgIpc) is 2.86. The lowest BCUT2D eigenvalue weighted by molar-refractivity contribution is 0.710. The highest BCUT2D eigenvalue weighted by Gasteiger charge is 2.15. The number of nitrogens with one attached hydrogen (secondary N) is 1. The van der Waals surface area contributed by atoms with Crippen molar-refractivity contribution >= 4 is 46.5 Å². The zero-order valence-electron chi connectivity index (χ0n) is 13.9. The Kier molecular flexibility index (Phi) is 6.29. The summed E-state index contributed by atoms with van der Waals surface area (Å²) in [6.07, 6.45) is 2.17. The molecule has 1 aliphatic rings. The summed E-state index contributed by atoms with van der Waals surface area (Å²) in [6, 6.07) is 19.4. The first-order valence-corrected chi connectivity index (χ1v) is 9.80. The number of hydrogen-bond donors (Lipinski definition) is 1. The van der Waals surface area contributed by atoms with Gasteiger partial charge in [0.1, 0.15) is 0 Å². The molecular formula is C21H21Cl2NS. The molecule has 0 unspecified atom stereocenters. The molecule has 3 aromatic rings. The molecule has 0 bridgehead atoms. The highest BCUT2D eigenvalue weighted by Crippen LogP contribution is 2.34. The Morgan fingerprint density at radius 1 is 0.920 bits per heavy atom. The van der Waals surface area contributed by atoms with Gasteiger partial charge in [-0.2, -0.15) is 0 Å². The molecule has 0 saturated heterocycles. The summed E-state index contributed by atoms with van der Waals surface area (Å²) in [4.78, 5) is 1.33. The van der Waals surface area contributed by atoms with E-state index in [1.54, 1.807) is 0 Å². The predicted molar refractivity (Wildman–Crippen MR) is 112 cm³/mol. The van der Waals surface area contributed by atoms with Crippen LogP contribution >= 0.6 is 35.8 Å². The molecule has 0 saturated carbocycles. The fraction of sp³-hybridized carbons (Fsp3) is 0.238. The first-order valence-electron chi connectivity index (χ1n) is 8.43. The van der Waals surface area contributed by atoms with Crippen molar-refractivity contribution in [1.82, 2.24) is 5.32 Å². The number of fused-ring (bicyclic) bond motifs is 2. The molecule has 1 N–H and O–H groups in total. The number of benzene rings is 3. The molecule has 0 radical (unpaired) electrons. The van der Waals surface area contributed by atoms with Gasteiger partial charge in [-0.3, -0.25) is 0 Å². The van der Waals surface area contributed by atoms with Crippen molar-refractivity contribution in [3.63, 3.8) is 0 Å². The molecule has 0 aromatic heterocycles. The number of rotatable bonds is 3. The van der Waals surface area contributed by atoms with Gasteiger partial charge in [-0.25, -0.2) is 0 Å². The van der Waals surface area contributed by atoms with E-state index in [1.807, 2.05) is 11.8 Å². The van der Waals surface area contributed by atoms with Gasteiger partial charge in [0.25, 0.3) is 0 Å². The zero-order valence-corrected chi connectivity index (χ0v) is 16.3. The minimum absolute atomic E-state index is 0. The standard InChI is InChI=1S/C21H20ClNS.ClH/c22-20-9-8-16-10-12-23-13-11-17(16)19(20)14-24-21-7-3-5-15-4-1-2-6-18(15)21;/h1-9,23H,10-14H2;1H. The molecule has 25 heavy (non-hydrogen) atoms. The number of thioether (sulfide) groups is 1. The fourth-order valence-corrected chi connectivity index (χ4v) is 4.92. The maximum Gasteiger partial charge on any atom is 0.0449 e. The Balaban J connectivity index is 0.00000182. The minimum Gasteiger partial charge on any atom is -0.316 e. The quantitative estimate of drug-likeness (QED) is 0.559. The molecule has 4 heteroatoms. The van der Waals surface area contributed by atoms with E-state index in [0.29, 0.717) is 0 Å². The first-order chi connectivity index (χ1) is 11.8. The SMILES string of the molecule is Cl.Clc1ccc2c(c1CSc1cccc3ccccc13)CCNCC2. The largest absolute Gasteiger partial charge is 0.316 e. The molecule has 0 fully saturated rings. The zero-order chi connectivity index (χ0) is 16.4. The fourth-order valence-electron chi connectivity index (χ4n) is 3.45. The number of hydrogen-bond acceptors (Lipinski definition) is 2. The van der Waals surface area contributed by atoms with Crippen molar-refractivity contribution in [2.45, 2.75) is 23.5 Å². The Morgan fingerprint density at radius 3 is 2.64 bits per heavy atom. The molecule has 0 aliphatic carbocycles. The third kappa shape index (κ3) is 3.98. The molecule has 130 valence electrons. The molecule has 1 nitrogen and oxygen atoms in total. The summed E-state index contributed by atoms with van der Waals surface area (Å²) >= 11 is 8.46. The van der Waals surface area contributed by atoms with E-state index in [2.05, 4.69) is 59.9 Å². The van der Waals surface area contributed by atoms with Crippen molar-refractivity contribution in [2.24, 2.45) is 0 Å². The monoisotopic (exact) mass is 389 g/mol. The van der Waals surface area contributed by atoms with Crippen LogP contribution < -0.4 is 5.32 Å². The summed E-state index contributed by atoms with van der Waals surface area (Å²) in [6.45, 7) is 2.10. The maximum atomic E-state index is 6.57. The molecule has 1 aliphatic heterocycles. The third-order valence-corrected chi connectivity index (χ3v) is 6.17. The highest BCUT2D eigenvalue weighted by atomic mass is 35.5. The van der Waals surface area contributed by atoms with Gasteiger partial charge >= 0.3 is 0 Å². The van der Waals surface area contributed by atoms with Gasteiger partial charge in [-0.15, -0.1) is 24.2 Å². The van der Waals surface area contributed by atoms with Crippen LogP contribution in [0.5, 0.6) is 0 Å². The van der Waals surface area contributed by atoms with E-state index < -0.39 is 0 Å². The Hall–Kier alpha value is -1.19. The van der Waals surface area contributed by atoms with Crippen LogP contribution in [0.4, 0.5) is 0 Å². The van der Waals surface area contributed by atoms with Crippen LogP contribution in [0.1, 0.15) is 16.7 Å². The van der Waals surface area contributed by atoms with E-state index in [1.165, 1.54) is 32.4 Å². The summed E-state index contributed by atoms with van der Waals surface area (Å²) in [5, 5.41) is 7.01. The average molecular weight is 390 g/mol. The molecular weight excluding hydrogens is 369 g/mol. The van der Waals surface area contributed by atoms with Crippen LogP contribution in [0.2, 0.25) is 5.02 Å². The second-order valence-electron chi connectivity index (χ2n) is 6.18. The second-order valence-corrected chi connectivity index (χ2v) is 7.60. The van der Waals surface area contributed by atoms with Crippen LogP contribution in [-0.4, -0.2) is 13.1 Å².